The molecule has 0 radical (unpaired) electrons. The van der Waals surface area contributed by atoms with Gasteiger partial charge in [0.2, 0.25) is 0 Å². The van der Waals surface area contributed by atoms with Crippen molar-refractivity contribution in [2.24, 2.45) is 0 Å². The smallest absolute Gasteiger partial charge is 0.271 e. The number of aromatic amines is 1. The van der Waals surface area contributed by atoms with Crippen LogP contribution in [0.1, 0.15) is 29.8 Å². The largest absolute Gasteiger partial charge is 0.350 e. The number of fused-ring (bicyclic) bond motifs is 3. The van der Waals surface area contributed by atoms with Crippen LogP contribution in [0, 0.1) is 0 Å². The van der Waals surface area contributed by atoms with Crippen molar-refractivity contribution in [2.45, 2.75) is 31.3 Å². The molecule has 2 unspecified atom stereocenters. The second kappa shape index (κ2) is 6.70. The third-order valence-corrected chi connectivity index (χ3v) is 6.16. The Morgan fingerprint density at radius 2 is 1.85 bits per heavy atom. The molecule has 0 saturated carbocycles. The summed E-state index contributed by atoms with van der Waals surface area (Å²) < 4.78 is 0. The van der Waals surface area contributed by atoms with Crippen molar-refractivity contribution < 1.29 is 4.79 Å². The van der Waals surface area contributed by atoms with Crippen molar-refractivity contribution >= 4 is 28.4 Å². The van der Waals surface area contributed by atoms with E-state index in [1.54, 1.807) is 0 Å². The molecule has 2 aliphatic rings. The summed E-state index contributed by atoms with van der Waals surface area (Å²) in [6, 6.07) is 16.5. The molecular weight excluding hydrogens is 358 g/mol. The quantitative estimate of drug-likeness (QED) is 0.690. The number of carbonyl (C=O) groups excluding carboxylic acids is 1. The number of nitrogens with one attached hydrogen (secondary N) is 2. The minimum atomic E-state index is 0.109. The maximum absolute atomic E-state index is 13.7. The van der Waals surface area contributed by atoms with Crippen LogP contribution in [0.15, 0.2) is 48.5 Å². The number of nitrogens with zero attached hydrogens (tertiary/aromatic N) is 1. The molecule has 5 rings (SSSR count). The molecule has 1 amide bonds. The van der Waals surface area contributed by atoms with Gasteiger partial charge in [-0.15, -0.1) is 0 Å². The Balaban J connectivity index is 1.68. The summed E-state index contributed by atoms with van der Waals surface area (Å²) >= 11 is 6.28. The molecule has 1 aromatic heterocycles. The lowest BCUT2D eigenvalue weighted by Gasteiger charge is -2.28. The molecule has 2 saturated heterocycles. The SMILES string of the molecule is O=C(c1[nH]c2ccc(Cl)cc2c1-c1ccccc1)N1C2CCNCC1CC2. The van der Waals surface area contributed by atoms with Gasteiger partial charge in [-0.1, -0.05) is 41.9 Å². The van der Waals surface area contributed by atoms with Gasteiger partial charge in [-0.25, -0.2) is 0 Å². The third-order valence-electron chi connectivity index (χ3n) is 5.93. The van der Waals surface area contributed by atoms with Gasteiger partial charge in [0.05, 0.1) is 0 Å². The fraction of sp³-hybridized carbons (Fsp3) is 0.318. The number of hydrogen-bond acceptors (Lipinski definition) is 2. The van der Waals surface area contributed by atoms with Crippen LogP contribution in [0.3, 0.4) is 0 Å². The zero-order chi connectivity index (χ0) is 18.4. The standard InChI is InChI=1S/C22H22ClN3O/c23-15-6-9-19-18(12-15)20(14-4-2-1-3-5-14)21(25-19)22(27)26-16-7-8-17(26)13-24-11-10-16/h1-6,9,12,16-17,24-25H,7-8,10-11,13H2. The zero-order valence-corrected chi connectivity index (χ0v) is 15.8. The minimum absolute atomic E-state index is 0.109. The van der Waals surface area contributed by atoms with Crippen molar-refractivity contribution in [1.29, 1.82) is 0 Å². The van der Waals surface area contributed by atoms with E-state index in [0.29, 0.717) is 16.8 Å². The number of benzene rings is 2. The number of H-pyrrole nitrogens is 1. The lowest BCUT2D eigenvalue weighted by Crippen LogP contribution is -2.42. The molecule has 3 heterocycles. The van der Waals surface area contributed by atoms with Crippen LogP contribution in [0.25, 0.3) is 22.0 Å². The summed E-state index contributed by atoms with van der Waals surface area (Å²) in [7, 11) is 0. The molecule has 2 fully saturated rings. The summed E-state index contributed by atoms with van der Waals surface area (Å²) in [5.74, 6) is 0.109. The maximum atomic E-state index is 13.7. The van der Waals surface area contributed by atoms with Crippen LogP contribution in [0.2, 0.25) is 5.02 Å². The van der Waals surface area contributed by atoms with E-state index in [1.807, 2.05) is 36.4 Å². The van der Waals surface area contributed by atoms with Gasteiger partial charge in [-0.05, 0) is 49.6 Å². The topological polar surface area (TPSA) is 48.1 Å². The fourth-order valence-corrected chi connectivity index (χ4v) is 4.84. The summed E-state index contributed by atoms with van der Waals surface area (Å²) in [6.07, 6.45) is 3.20. The van der Waals surface area contributed by atoms with Crippen LogP contribution in [0.5, 0.6) is 0 Å². The molecule has 3 aromatic rings. The monoisotopic (exact) mass is 379 g/mol. The molecule has 2 atom stereocenters. The fourth-order valence-electron chi connectivity index (χ4n) is 4.67. The number of hydrogen-bond donors (Lipinski definition) is 2. The van der Waals surface area contributed by atoms with Gasteiger partial charge in [0.15, 0.2) is 0 Å². The first kappa shape index (κ1) is 16.8. The highest BCUT2D eigenvalue weighted by Gasteiger charge is 2.39. The predicted octanol–water partition coefficient (Wildman–Crippen LogP) is 4.45. The number of halogens is 1. The van der Waals surface area contributed by atoms with Crippen molar-refractivity contribution in [3.05, 3.63) is 59.2 Å². The Morgan fingerprint density at radius 3 is 2.70 bits per heavy atom. The predicted molar refractivity (Wildman–Crippen MR) is 109 cm³/mol. The van der Waals surface area contributed by atoms with E-state index in [0.717, 1.165) is 54.4 Å². The molecule has 0 aliphatic carbocycles. The Bertz CT molecular complexity index is 983. The third kappa shape index (κ3) is 2.84. The number of rotatable bonds is 2. The first-order valence-electron chi connectivity index (χ1n) is 9.62. The van der Waals surface area contributed by atoms with Crippen LogP contribution >= 0.6 is 11.6 Å². The van der Waals surface area contributed by atoms with Crippen molar-refractivity contribution in [1.82, 2.24) is 15.2 Å². The van der Waals surface area contributed by atoms with E-state index in [4.69, 9.17) is 11.6 Å². The van der Waals surface area contributed by atoms with E-state index in [9.17, 15) is 4.79 Å². The molecule has 0 spiro atoms. The van der Waals surface area contributed by atoms with E-state index in [-0.39, 0.29) is 11.9 Å². The molecule has 2 N–H and O–H groups in total. The van der Waals surface area contributed by atoms with Gasteiger partial charge in [0.1, 0.15) is 5.69 Å². The van der Waals surface area contributed by atoms with E-state index in [1.165, 1.54) is 0 Å². The Kier molecular flexibility index (Phi) is 4.18. The highest BCUT2D eigenvalue weighted by atomic mass is 35.5. The molecule has 27 heavy (non-hydrogen) atoms. The molecule has 2 bridgehead atoms. The summed E-state index contributed by atoms with van der Waals surface area (Å²) in [5.41, 5.74) is 3.61. The normalized spacial score (nSPS) is 22.2. The highest BCUT2D eigenvalue weighted by molar-refractivity contribution is 6.31. The first-order chi connectivity index (χ1) is 13.2. The number of amides is 1. The first-order valence-corrected chi connectivity index (χ1v) is 10.00. The van der Waals surface area contributed by atoms with Crippen LogP contribution in [0.4, 0.5) is 0 Å². The number of aromatic nitrogens is 1. The van der Waals surface area contributed by atoms with Gasteiger partial charge in [-0.2, -0.15) is 0 Å². The molecule has 138 valence electrons. The Labute approximate surface area is 163 Å². The lowest BCUT2D eigenvalue weighted by molar-refractivity contribution is 0.0676. The van der Waals surface area contributed by atoms with Crippen LogP contribution in [-0.2, 0) is 0 Å². The van der Waals surface area contributed by atoms with Gasteiger partial charge in [0.25, 0.3) is 5.91 Å². The van der Waals surface area contributed by atoms with Gasteiger partial charge in [-0.3, -0.25) is 4.79 Å². The summed E-state index contributed by atoms with van der Waals surface area (Å²) in [4.78, 5) is 19.2. The number of carbonyl (C=O) groups is 1. The Morgan fingerprint density at radius 1 is 1.04 bits per heavy atom. The second-order valence-electron chi connectivity index (χ2n) is 7.52. The average molecular weight is 380 g/mol. The maximum Gasteiger partial charge on any atom is 0.271 e. The van der Waals surface area contributed by atoms with Crippen molar-refractivity contribution in [2.75, 3.05) is 13.1 Å². The summed E-state index contributed by atoms with van der Waals surface area (Å²) in [6.45, 7) is 1.87. The highest BCUT2D eigenvalue weighted by Crippen LogP contribution is 2.37. The molecule has 4 nitrogen and oxygen atoms in total. The molecule has 5 heteroatoms. The van der Waals surface area contributed by atoms with E-state index < -0.39 is 0 Å². The van der Waals surface area contributed by atoms with Gasteiger partial charge in [0, 0.05) is 40.1 Å². The van der Waals surface area contributed by atoms with E-state index >= 15 is 0 Å². The van der Waals surface area contributed by atoms with Crippen LogP contribution < -0.4 is 5.32 Å². The van der Waals surface area contributed by atoms with Gasteiger partial charge < -0.3 is 15.2 Å². The molecule has 2 aliphatic heterocycles. The zero-order valence-electron chi connectivity index (χ0n) is 15.0. The van der Waals surface area contributed by atoms with Crippen molar-refractivity contribution in [3.8, 4) is 11.1 Å². The van der Waals surface area contributed by atoms with Gasteiger partial charge >= 0.3 is 0 Å². The molecular formula is C22H22ClN3O. The lowest BCUT2D eigenvalue weighted by atomic mass is 10.0. The Hall–Kier alpha value is -2.30. The van der Waals surface area contributed by atoms with Crippen molar-refractivity contribution in [3.63, 3.8) is 0 Å². The molecule has 2 aromatic carbocycles. The summed E-state index contributed by atoms with van der Waals surface area (Å²) in [5, 5.41) is 5.15. The average Bonchev–Trinajstić information content (AvgIpc) is 3.17. The minimum Gasteiger partial charge on any atom is -0.350 e. The van der Waals surface area contributed by atoms with E-state index in [2.05, 4.69) is 27.3 Å². The van der Waals surface area contributed by atoms with Crippen LogP contribution in [-0.4, -0.2) is 41.0 Å². The second-order valence-corrected chi connectivity index (χ2v) is 7.96.